The molecule has 1 amide bonds. The normalized spacial score (nSPS) is 10.8. The smallest absolute Gasteiger partial charge is 0.265 e. The molecular weight excluding hydrogens is 338 g/mol. The summed E-state index contributed by atoms with van der Waals surface area (Å²) in [6.45, 7) is 4.47. The predicted octanol–water partition coefficient (Wildman–Crippen LogP) is 4.41. The molecule has 0 atom stereocenters. The highest BCUT2D eigenvalue weighted by atomic mass is 32.1. The van der Waals surface area contributed by atoms with Crippen LogP contribution in [-0.4, -0.2) is 27.8 Å². The Balaban J connectivity index is 1.74. The number of aromatic nitrogens is 2. The molecule has 124 valence electrons. The van der Waals surface area contributed by atoms with Crippen molar-refractivity contribution in [2.45, 2.75) is 26.8 Å². The molecule has 0 radical (unpaired) electrons. The maximum Gasteiger partial charge on any atom is 0.265 e. The van der Waals surface area contributed by atoms with Gasteiger partial charge in [0.15, 0.2) is 0 Å². The van der Waals surface area contributed by atoms with Gasteiger partial charge in [-0.05, 0) is 13.3 Å². The van der Waals surface area contributed by atoms with Crippen molar-refractivity contribution < 1.29 is 4.79 Å². The van der Waals surface area contributed by atoms with Crippen LogP contribution in [0, 0.1) is 6.92 Å². The van der Waals surface area contributed by atoms with Crippen LogP contribution in [0.3, 0.4) is 0 Å². The maximum absolute atomic E-state index is 12.7. The Kier molecular flexibility index (Phi) is 5.06. The lowest BCUT2D eigenvalue weighted by Crippen LogP contribution is -2.26. The number of benzene rings is 1. The fourth-order valence-electron chi connectivity index (χ4n) is 2.46. The Morgan fingerprint density at radius 2 is 1.96 bits per heavy atom. The van der Waals surface area contributed by atoms with E-state index in [1.54, 1.807) is 16.2 Å². The quantitative estimate of drug-likeness (QED) is 0.679. The molecule has 0 unspecified atom stereocenters. The Bertz CT molecular complexity index is 839. The van der Waals surface area contributed by atoms with Crippen LogP contribution in [0.5, 0.6) is 0 Å². The van der Waals surface area contributed by atoms with Crippen molar-refractivity contribution in [3.63, 3.8) is 0 Å². The molecule has 6 heteroatoms. The average Bonchev–Trinajstić information content (AvgIpc) is 3.21. The van der Waals surface area contributed by atoms with Crippen LogP contribution in [-0.2, 0) is 13.0 Å². The van der Waals surface area contributed by atoms with Gasteiger partial charge in [0, 0.05) is 18.0 Å². The van der Waals surface area contributed by atoms with Gasteiger partial charge in [0.2, 0.25) is 0 Å². The number of hydrogen-bond acceptors (Lipinski definition) is 5. The zero-order chi connectivity index (χ0) is 17.1. The number of nitrogens with zero attached hydrogens (tertiary/aromatic N) is 3. The Labute approximate surface area is 149 Å². The first-order chi connectivity index (χ1) is 11.6. The van der Waals surface area contributed by atoms with Crippen LogP contribution in [0.15, 0.2) is 35.7 Å². The first-order valence-electron chi connectivity index (χ1n) is 7.80. The molecule has 0 aliphatic heterocycles. The number of thiazole rings is 2. The van der Waals surface area contributed by atoms with E-state index in [1.165, 1.54) is 11.3 Å². The van der Waals surface area contributed by atoms with E-state index >= 15 is 0 Å². The third-order valence-corrected chi connectivity index (χ3v) is 5.59. The SMILES string of the molecule is CCc1nc(C)sc1C(=O)N(C)Cc1csc(-c2ccccc2)n1. The number of amides is 1. The van der Waals surface area contributed by atoms with Crippen molar-refractivity contribution in [2.75, 3.05) is 7.05 Å². The van der Waals surface area contributed by atoms with E-state index in [4.69, 9.17) is 0 Å². The number of carbonyl (C=O) groups excluding carboxylic acids is 1. The minimum absolute atomic E-state index is 0.0201. The van der Waals surface area contributed by atoms with Gasteiger partial charge in [0.25, 0.3) is 5.91 Å². The van der Waals surface area contributed by atoms with Crippen LogP contribution in [0.2, 0.25) is 0 Å². The van der Waals surface area contributed by atoms with E-state index < -0.39 is 0 Å². The molecule has 0 fully saturated rings. The van der Waals surface area contributed by atoms with Gasteiger partial charge >= 0.3 is 0 Å². The third-order valence-electron chi connectivity index (χ3n) is 3.65. The van der Waals surface area contributed by atoms with Crippen molar-refractivity contribution in [1.82, 2.24) is 14.9 Å². The summed E-state index contributed by atoms with van der Waals surface area (Å²) in [4.78, 5) is 24.3. The number of rotatable bonds is 5. The lowest BCUT2D eigenvalue weighted by Gasteiger charge is -2.15. The van der Waals surface area contributed by atoms with E-state index in [2.05, 4.69) is 9.97 Å². The molecule has 0 N–H and O–H groups in total. The van der Waals surface area contributed by atoms with E-state index in [9.17, 15) is 4.79 Å². The second kappa shape index (κ2) is 7.23. The van der Waals surface area contributed by atoms with E-state index in [1.807, 2.05) is 56.6 Å². The fourth-order valence-corrected chi connectivity index (χ4v) is 4.28. The topological polar surface area (TPSA) is 46.1 Å². The molecule has 0 aliphatic rings. The van der Waals surface area contributed by atoms with E-state index in [-0.39, 0.29) is 5.91 Å². The summed E-state index contributed by atoms with van der Waals surface area (Å²) >= 11 is 3.07. The molecule has 0 saturated carbocycles. The molecule has 24 heavy (non-hydrogen) atoms. The number of aryl methyl sites for hydroxylation is 2. The summed E-state index contributed by atoms with van der Waals surface area (Å²) in [6, 6.07) is 10.1. The highest BCUT2D eigenvalue weighted by Gasteiger charge is 2.20. The van der Waals surface area contributed by atoms with E-state index in [0.29, 0.717) is 6.54 Å². The zero-order valence-electron chi connectivity index (χ0n) is 13.9. The minimum atomic E-state index is 0.0201. The Morgan fingerprint density at radius 3 is 2.67 bits per heavy atom. The van der Waals surface area contributed by atoms with Gasteiger partial charge in [-0.1, -0.05) is 37.3 Å². The molecule has 0 spiro atoms. The molecule has 0 bridgehead atoms. The van der Waals surface area contributed by atoms with Crippen molar-refractivity contribution in [3.8, 4) is 10.6 Å². The molecule has 3 aromatic rings. The van der Waals surface area contributed by atoms with Crippen molar-refractivity contribution >= 4 is 28.6 Å². The predicted molar refractivity (Wildman–Crippen MR) is 99.6 cm³/mol. The standard InChI is InChI=1S/C18H19N3OS2/c1-4-15-16(24-12(2)19-15)18(22)21(3)10-14-11-23-17(20-14)13-8-6-5-7-9-13/h5-9,11H,4,10H2,1-3H3. The summed E-state index contributed by atoms with van der Waals surface area (Å²) in [6.07, 6.45) is 0.772. The molecular formula is C18H19N3OS2. The Morgan fingerprint density at radius 1 is 1.21 bits per heavy atom. The highest BCUT2D eigenvalue weighted by molar-refractivity contribution is 7.13. The molecule has 4 nitrogen and oxygen atoms in total. The minimum Gasteiger partial charge on any atom is -0.335 e. The van der Waals surface area contributed by atoms with Gasteiger partial charge in [0.1, 0.15) is 9.88 Å². The fraction of sp³-hybridized carbons (Fsp3) is 0.278. The highest BCUT2D eigenvalue weighted by Crippen LogP contribution is 2.25. The first kappa shape index (κ1) is 16.8. The van der Waals surface area contributed by atoms with Gasteiger partial charge in [-0.15, -0.1) is 22.7 Å². The molecule has 2 heterocycles. The Hall–Kier alpha value is -2.05. The second-order valence-corrected chi connectivity index (χ2v) is 7.59. The monoisotopic (exact) mass is 357 g/mol. The van der Waals surface area contributed by atoms with Gasteiger partial charge in [-0.2, -0.15) is 0 Å². The summed E-state index contributed by atoms with van der Waals surface area (Å²) in [5.74, 6) is 0.0201. The zero-order valence-corrected chi connectivity index (χ0v) is 15.6. The molecule has 3 rings (SSSR count). The summed E-state index contributed by atoms with van der Waals surface area (Å²) in [7, 11) is 1.82. The van der Waals surface area contributed by atoms with Gasteiger partial charge in [0.05, 0.1) is 22.9 Å². The molecule has 0 saturated heterocycles. The number of hydrogen-bond donors (Lipinski definition) is 0. The lowest BCUT2D eigenvalue weighted by atomic mass is 10.2. The van der Waals surface area contributed by atoms with Gasteiger partial charge in [-0.25, -0.2) is 9.97 Å². The molecule has 2 aromatic heterocycles. The lowest BCUT2D eigenvalue weighted by molar-refractivity contribution is 0.0787. The summed E-state index contributed by atoms with van der Waals surface area (Å²) in [5.41, 5.74) is 2.90. The molecule has 1 aromatic carbocycles. The first-order valence-corrected chi connectivity index (χ1v) is 9.49. The maximum atomic E-state index is 12.7. The summed E-state index contributed by atoms with van der Waals surface area (Å²) < 4.78 is 0. The van der Waals surface area contributed by atoms with Gasteiger partial charge in [-0.3, -0.25) is 4.79 Å². The van der Waals surface area contributed by atoms with Crippen molar-refractivity contribution in [2.24, 2.45) is 0 Å². The second-order valence-electron chi connectivity index (χ2n) is 5.53. The summed E-state index contributed by atoms with van der Waals surface area (Å²) in [5, 5.41) is 3.93. The van der Waals surface area contributed by atoms with Crippen LogP contribution >= 0.6 is 22.7 Å². The number of carbonyl (C=O) groups is 1. The van der Waals surface area contributed by atoms with Crippen molar-refractivity contribution in [3.05, 3.63) is 57.0 Å². The van der Waals surface area contributed by atoms with Crippen molar-refractivity contribution in [1.29, 1.82) is 0 Å². The largest absolute Gasteiger partial charge is 0.335 e. The van der Waals surface area contributed by atoms with E-state index in [0.717, 1.165) is 38.3 Å². The third kappa shape index (κ3) is 3.55. The average molecular weight is 358 g/mol. The van der Waals surface area contributed by atoms with Crippen LogP contribution in [0.1, 0.15) is 33.0 Å². The van der Waals surface area contributed by atoms with Crippen LogP contribution in [0.25, 0.3) is 10.6 Å². The van der Waals surface area contributed by atoms with Gasteiger partial charge < -0.3 is 4.90 Å². The van der Waals surface area contributed by atoms with Crippen LogP contribution < -0.4 is 0 Å². The molecule has 0 aliphatic carbocycles. The van der Waals surface area contributed by atoms with Crippen LogP contribution in [0.4, 0.5) is 0 Å².